The highest BCUT2D eigenvalue weighted by Crippen LogP contribution is 2.18. The largest absolute Gasteiger partial charge is 0.481 e. The molecular weight excluding hydrogens is 244 g/mol. The van der Waals surface area contributed by atoms with E-state index in [1.54, 1.807) is 0 Å². The number of hydrogen-bond acceptors (Lipinski definition) is 2. The van der Waals surface area contributed by atoms with Gasteiger partial charge in [0.25, 0.3) is 0 Å². The summed E-state index contributed by atoms with van der Waals surface area (Å²) in [7, 11) is 0. The zero-order valence-electron chi connectivity index (χ0n) is 9.74. The summed E-state index contributed by atoms with van der Waals surface area (Å²) in [4.78, 5) is 21.6. The normalized spacial score (nSPS) is 11.9. The van der Waals surface area contributed by atoms with Crippen LogP contribution in [0.4, 0.5) is 8.78 Å². The van der Waals surface area contributed by atoms with Gasteiger partial charge in [0.15, 0.2) is 11.6 Å². The molecule has 0 aliphatic carbocycles. The van der Waals surface area contributed by atoms with Gasteiger partial charge < -0.3 is 10.4 Å². The van der Waals surface area contributed by atoms with Crippen molar-refractivity contribution in [3.63, 3.8) is 0 Å². The number of carbonyl (C=O) groups excluding carboxylic acids is 1. The Kier molecular flexibility index (Phi) is 4.76. The number of carboxylic acid groups (broad SMARTS) is 1. The van der Waals surface area contributed by atoms with E-state index in [4.69, 9.17) is 5.11 Å². The first-order chi connectivity index (χ1) is 8.41. The van der Waals surface area contributed by atoms with E-state index >= 15 is 0 Å². The fourth-order valence-electron chi connectivity index (χ4n) is 1.47. The van der Waals surface area contributed by atoms with Crippen LogP contribution in [0.15, 0.2) is 18.2 Å². The van der Waals surface area contributed by atoms with Crippen LogP contribution in [0.25, 0.3) is 0 Å². The number of rotatable bonds is 5. The number of nitrogens with one attached hydrogen (secondary N) is 1. The van der Waals surface area contributed by atoms with Gasteiger partial charge in [0, 0.05) is 12.0 Å². The number of halogens is 2. The summed E-state index contributed by atoms with van der Waals surface area (Å²) in [5.41, 5.74) is 0.0266. The van der Waals surface area contributed by atoms with Gasteiger partial charge in [0.2, 0.25) is 5.91 Å². The predicted octanol–water partition coefficient (Wildman–Crippen LogP) is 2.01. The van der Waals surface area contributed by atoms with Gasteiger partial charge in [-0.3, -0.25) is 9.59 Å². The first-order valence-electron chi connectivity index (χ1n) is 5.37. The quantitative estimate of drug-likeness (QED) is 0.847. The summed E-state index contributed by atoms with van der Waals surface area (Å²) < 4.78 is 26.4. The van der Waals surface area contributed by atoms with Gasteiger partial charge >= 0.3 is 5.97 Å². The van der Waals surface area contributed by atoms with Crippen LogP contribution >= 0.6 is 0 Å². The minimum atomic E-state index is -1.09. The Morgan fingerprint density at radius 3 is 2.61 bits per heavy atom. The zero-order chi connectivity index (χ0) is 13.7. The molecule has 0 heterocycles. The molecule has 0 saturated heterocycles. The first-order valence-corrected chi connectivity index (χ1v) is 5.37. The molecule has 0 radical (unpaired) electrons. The molecule has 1 amide bonds. The summed E-state index contributed by atoms with van der Waals surface area (Å²) in [6.07, 6.45) is -0.499. The van der Waals surface area contributed by atoms with Gasteiger partial charge in [0.05, 0.1) is 12.5 Å². The minimum Gasteiger partial charge on any atom is -0.481 e. The molecule has 1 rings (SSSR count). The first kappa shape index (κ1) is 14.1. The minimum absolute atomic E-state index is 0.0266. The lowest BCUT2D eigenvalue weighted by atomic mass is 10.1. The molecule has 18 heavy (non-hydrogen) atoms. The Labute approximate surface area is 103 Å². The van der Waals surface area contributed by atoms with Crippen LogP contribution in [0.1, 0.15) is 31.4 Å². The zero-order valence-corrected chi connectivity index (χ0v) is 9.74. The Morgan fingerprint density at radius 1 is 1.33 bits per heavy atom. The molecule has 1 unspecified atom stereocenters. The molecule has 2 N–H and O–H groups in total. The highest BCUT2D eigenvalue weighted by molar-refractivity contribution is 5.80. The lowest BCUT2D eigenvalue weighted by Gasteiger charge is -2.15. The van der Waals surface area contributed by atoms with Crippen molar-refractivity contribution < 1.29 is 23.5 Å². The molecule has 0 aliphatic heterocycles. The van der Waals surface area contributed by atoms with Crippen molar-refractivity contribution in [1.82, 2.24) is 5.32 Å². The third-order valence-electron chi connectivity index (χ3n) is 2.39. The summed E-state index contributed by atoms with van der Waals surface area (Å²) in [5, 5.41) is 10.8. The maximum Gasteiger partial charge on any atom is 0.303 e. The lowest BCUT2D eigenvalue weighted by molar-refractivity contribution is -0.138. The molecular formula is C12H13F2NO3. The van der Waals surface area contributed by atoms with Gasteiger partial charge in [-0.2, -0.15) is 0 Å². The number of aliphatic carboxylic acids is 1. The average molecular weight is 257 g/mol. The summed E-state index contributed by atoms with van der Waals surface area (Å²) in [6, 6.07) is 2.97. The van der Waals surface area contributed by atoms with Crippen molar-refractivity contribution >= 4 is 11.9 Å². The number of amides is 1. The topological polar surface area (TPSA) is 66.4 Å². The van der Waals surface area contributed by atoms with Crippen molar-refractivity contribution in [1.29, 1.82) is 0 Å². The number of carboxylic acids is 1. The number of hydrogen-bond donors (Lipinski definition) is 2. The van der Waals surface area contributed by atoms with E-state index in [0.717, 1.165) is 6.07 Å². The molecule has 0 bridgehead atoms. The van der Waals surface area contributed by atoms with Gasteiger partial charge in [-0.05, 0) is 13.0 Å². The predicted molar refractivity (Wildman–Crippen MR) is 59.8 cm³/mol. The van der Waals surface area contributed by atoms with Gasteiger partial charge in [-0.25, -0.2) is 8.78 Å². The molecule has 0 aliphatic rings. The summed E-state index contributed by atoms with van der Waals surface area (Å²) in [5.74, 6) is -3.61. The maximum absolute atomic E-state index is 13.4. The van der Waals surface area contributed by atoms with E-state index in [2.05, 4.69) is 5.32 Å². The van der Waals surface area contributed by atoms with Crippen LogP contribution in [0.2, 0.25) is 0 Å². The van der Waals surface area contributed by atoms with E-state index in [9.17, 15) is 18.4 Å². The third kappa shape index (κ3) is 3.80. The van der Waals surface area contributed by atoms with Crippen molar-refractivity contribution in [3.8, 4) is 0 Å². The standard InChI is InChI=1S/C12H13F2NO3/c1-7(15-10(16)5-6-11(17)18)8-3-2-4-9(13)12(8)14/h2-4,7H,5-6H2,1H3,(H,15,16)(H,17,18). The second-order valence-electron chi connectivity index (χ2n) is 3.83. The summed E-state index contributed by atoms with van der Waals surface area (Å²) in [6.45, 7) is 1.50. The average Bonchev–Trinajstić information content (AvgIpc) is 2.30. The molecule has 1 atom stereocenters. The number of benzene rings is 1. The highest BCUT2D eigenvalue weighted by Gasteiger charge is 2.16. The maximum atomic E-state index is 13.4. The van der Waals surface area contributed by atoms with E-state index in [1.165, 1.54) is 19.1 Å². The second-order valence-corrected chi connectivity index (χ2v) is 3.83. The monoisotopic (exact) mass is 257 g/mol. The van der Waals surface area contributed by atoms with Crippen LogP contribution in [0.3, 0.4) is 0 Å². The molecule has 0 saturated carbocycles. The Balaban J connectivity index is 2.65. The molecule has 1 aromatic carbocycles. The van der Waals surface area contributed by atoms with Crippen molar-refractivity contribution in [3.05, 3.63) is 35.4 Å². The molecule has 6 heteroatoms. The molecule has 4 nitrogen and oxygen atoms in total. The van der Waals surface area contributed by atoms with Crippen LogP contribution in [-0.2, 0) is 9.59 Å². The van der Waals surface area contributed by atoms with Gasteiger partial charge in [-0.15, -0.1) is 0 Å². The third-order valence-corrected chi connectivity index (χ3v) is 2.39. The Bertz CT molecular complexity index is 463. The second kappa shape index (κ2) is 6.09. The van der Waals surface area contributed by atoms with Crippen molar-refractivity contribution in [2.75, 3.05) is 0 Å². The molecule has 98 valence electrons. The SMILES string of the molecule is CC(NC(=O)CCC(=O)O)c1cccc(F)c1F. The van der Waals surface area contributed by atoms with Crippen LogP contribution in [0.5, 0.6) is 0 Å². The van der Waals surface area contributed by atoms with Crippen molar-refractivity contribution in [2.24, 2.45) is 0 Å². The van der Waals surface area contributed by atoms with Crippen molar-refractivity contribution in [2.45, 2.75) is 25.8 Å². The fraction of sp³-hybridized carbons (Fsp3) is 0.333. The van der Waals surface area contributed by atoms with Gasteiger partial charge in [0.1, 0.15) is 0 Å². The Morgan fingerprint density at radius 2 is 2.00 bits per heavy atom. The Hall–Kier alpha value is -1.98. The van der Waals surface area contributed by atoms with E-state index < -0.39 is 29.6 Å². The molecule has 0 fully saturated rings. The highest BCUT2D eigenvalue weighted by atomic mass is 19.2. The van der Waals surface area contributed by atoms with E-state index in [1.807, 2.05) is 0 Å². The van der Waals surface area contributed by atoms with Crippen LogP contribution in [0, 0.1) is 11.6 Å². The number of carbonyl (C=O) groups is 2. The molecule has 1 aromatic rings. The van der Waals surface area contributed by atoms with E-state index in [0.29, 0.717) is 0 Å². The molecule has 0 spiro atoms. The van der Waals surface area contributed by atoms with E-state index in [-0.39, 0.29) is 18.4 Å². The van der Waals surface area contributed by atoms with Crippen LogP contribution in [-0.4, -0.2) is 17.0 Å². The summed E-state index contributed by atoms with van der Waals surface area (Å²) >= 11 is 0. The van der Waals surface area contributed by atoms with Gasteiger partial charge in [-0.1, -0.05) is 12.1 Å². The fourth-order valence-corrected chi connectivity index (χ4v) is 1.47. The lowest BCUT2D eigenvalue weighted by Crippen LogP contribution is -2.27. The molecule has 0 aromatic heterocycles. The van der Waals surface area contributed by atoms with Crippen LogP contribution < -0.4 is 5.32 Å². The smallest absolute Gasteiger partial charge is 0.303 e.